The zero-order valence-electron chi connectivity index (χ0n) is 71.9. The van der Waals surface area contributed by atoms with Crippen LogP contribution in [-0.2, 0) is 0 Å². The van der Waals surface area contributed by atoms with E-state index >= 15 is 0 Å². The number of fused-ring (bicyclic) bond motifs is 18. The monoisotopic (exact) mass is 1640 g/mol. The van der Waals surface area contributed by atoms with Crippen molar-refractivity contribution in [2.45, 2.75) is 55.4 Å². The van der Waals surface area contributed by atoms with Gasteiger partial charge in [0.05, 0.1) is 137 Å². The lowest BCUT2D eigenvalue weighted by Gasteiger charge is -2.17. The van der Waals surface area contributed by atoms with Crippen molar-refractivity contribution in [3.05, 3.63) is 413 Å². The molecule has 0 bridgehead atoms. The first-order valence-electron chi connectivity index (χ1n) is 43.2. The first kappa shape index (κ1) is 77.1. The van der Waals surface area contributed by atoms with Crippen LogP contribution in [0.25, 0.3) is 199 Å². The molecule has 0 radical (unpaired) electrons. The van der Waals surface area contributed by atoms with Gasteiger partial charge in [-0.2, -0.15) is 15.8 Å². The van der Waals surface area contributed by atoms with Gasteiger partial charge in [0.25, 0.3) is 0 Å². The number of hydrogen-bond acceptors (Lipinski definition) is 6. The van der Waals surface area contributed by atoms with Crippen LogP contribution < -0.4 is 0 Å². The topological polar surface area (TPSA) is 140 Å². The van der Waals surface area contributed by atoms with Gasteiger partial charge in [-0.1, -0.05) is 205 Å². The Morgan fingerprint density at radius 2 is 0.391 bits per heavy atom. The molecule has 0 unspecified atom stereocenters. The molecule has 0 fully saturated rings. The van der Waals surface area contributed by atoms with Crippen LogP contribution in [0.15, 0.2) is 352 Å². The van der Waals surface area contributed by atoms with E-state index in [4.69, 9.17) is 15.0 Å². The normalized spacial score (nSPS) is 11.6. The number of rotatable bonds is 9. The van der Waals surface area contributed by atoms with Crippen LogP contribution in [0.5, 0.6) is 0 Å². The molecule has 24 aromatic rings. The van der Waals surface area contributed by atoms with Crippen LogP contribution in [0.3, 0.4) is 0 Å². The highest BCUT2D eigenvalue weighted by molar-refractivity contribution is 6.15. The molecule has 128 heavy (non-hydrogen) atoms. The van der Waals surface area contributed by atoms with Crippen molar-refractivity contribution >= 4 is 131 Å². The number of nitrogens with zero attached hydrogens (tertiary/aromatic N) is 12. The molecule has 0 aliphatic carbocycles. The van der Waals surface area contributed by atoms with Crippen molar-refractivity contribution in [3.63, 3.8) is 0 Å². The molecule has 12 heteroatoms. The van der Waals surface area contributed by atoms with E-state index in [2.05, 4.69) is 362 Å². The van der Waals surface area contributed by atoms with E-state index < -0.39 is 0 Å². The second-order valence-corrected chi connectivity index (χ2v) is 34.0. The Labute approximate surface area is 739 Å². The van der Waals surface area contributed by atoms with Gasteiger partial charge in [0.15, 0.2) is 0 Å². The Morgan fingerprint density at radius 1 is 0.188 bits per heavy atom. The van der Waals surface area contributed by atoms with Crippen LogP contribution in [0.1, 0.15) is 61.2 Å². The molecule has 0 saturated heterocycles. The van der Waals surface area contributed by atoms with Gasteiger partial charge in [-0.25, -0.2) is 15.0 Å². The Balaban J connectivity index is 0.000000113. The summed E-state index contributed by atoms with van der Waals surface area (Å²) in [4.78, 5) is 15.5. The maximum atomic E-state index is 9.54. The summed E-state index contributed by atoms with van der Waals surface area (Å²) in [6, 6.07) is 124. The van der Waals surface area contributed by atoms with E-state index in [-0.39, 0.29) is 0 Å². The second-order valence-electron chi connectivity index (χ2n) is 34.0. The van der Waals surface area contributed by atoms with Gasteiger partial charge in [-0.15, -0.1) is 0 Å². The number of nitriles is 3. The van der Waals surface area contributed by atoms with Crippen molar-refractivity contribution < 1.29 is 0 Å². The second kappa shape index (κ2) is 30.8. The van der Waals surface area contributed by atoms with Gasteiger partial charge in [0.1, 0.15) is 17.5 Å². The standard InChI is InChI=1S/C40H30N4.2C38H26N4/c1-24-5-13-30-31-14-6-25(2)18-36(31)43(35(30)17-24)39-23-42-40(21-34(39)29-11-9-28(22-41)10-12-29)44-37-19-26(3)7-15-32(37)33-16-8-27(4)20-38(33)44;1-24-11-17-35-31(19-24)28-7-3-5-9-33(28)41(35)37-23-40-38(21-30(37)27-15-13-26(22-39)14-16-27)42-34-10-6-4-8-29(34)32-20-25(2)12-18-36(32)42;1-24-11-17-30-28-7-3-5-9-33(28)41(35(30)19-24)37-23-40-38(21-32(37)27-15-13-26(22-39)14-16-27)42-34-10-6-4-8-29(34)31-18-12-25(2)20-36(31)42/h5-21,23H,1-4H3;2*3-21,23H,1-2H3. The molecule has 0 atom stereocenters. The van der Waals surface area contributed by atoms with Crippen LogP contribution in [-0.4, -0.2) is 42.4 Å². The summed E-state index contributed by atoms with van der Waals surface area (Å²) in [5.41, 5.74) is 34.5. The molecule has 0 aliphatic heterocycles. The van der Waals surface area contributed by atoms with Gasteiger partial charge in [-0.05, 0) is 245 Å². The number of aryl methyl sites for hydroxylation is 8. The zero-order valence-corrected chi connectivity index (χ0v) is 71.9. The maximum absolute atomic E-state index is 9.54. The number of benzene rings is 15. The van der Waals surface area contributed by atoms with E-state index in [1.807, 2.05) is 91.4 Å². The smallest absolute Gasteiger partial charge is 0.138 e. The summed E-state index contributed by atoms with van der Waals surface area (Å²) >= 11 is 0. The number of para-hydroxylation sites is 4. The van der Waals surface area contributed by atoms with E-state index in [0.717, 1.165) is 134 Å². The van der Waals surface area contributed by atoms with Crippen LogP contribution >= 0.6 is 0 Å². The van der Waals surface area contributed by atoms with Crippen molar-refractivity contribution in [3.8, 4) is 86.1 Å². The summed E-state index contributed by atoms with van der Waals surface area (Å²) in [5, 5.41) is 43.1. The summed E-state index contributed by atoms with van der Waals surface area (Å²) in [6.07, 6.45) is 6.03. The number of aromatic nitrogens is 9. The highest BCUT2D eigenvalue weighted by Crippen LogP contribution is 2.45. The van der Waals surface area contributed by atoms with Gasteiger partial charge < -0.3 is 13.7 Å². The minimum Gasteiger partial charge on any atom is -0.307 e. The Hall–Kier alpha value is -17.0. The molecule has 9 aromatic heterocycles. The predicted molar refractivity (Wildman–Crippen MR) is 527 cm³/mol. The Morgan fingerprint density at radius 3 is 0.688 bits per heavy atom. The van der Waals surface area contributed by atoms with Gasteiger partial charge >= 0.3 is 0 Å². The molecule has 0 aliphatic rings. The first-order valence-corrected chi connectivity index (χ1v) is 43.2. The van der Waals surface area contributed by atoms with Crippen LogP contribution in [0.2, 0.25) is 0 Å². The minimum atomic E-state index is 0.639. The van der Waals surface area contributed by atoms with Crippen LogP contribution in [0, 0.1) is 89.4 Å². The third kappa shape index (κ3) is 12.9. The van der Waals surface area contributed by atoms with Crippen molar-refractivity contribution in [2.24, 2.45) is 0 Å². The lowest BCUT2D eigenvalue weighted by Crippen LogP contribution is -2.03. The number of hydrogen-bond donors (Lipinski definition) is 0. The highest BCUT2D eigenvalue weighted by Gasteiger charge is 2.26. The average molecular weight is 1640 g/mol. The summed E-state index contributed by atoms with van der Waals surface area (Å²) < 4.78 is 13.8. The molecule has 0 saturated carbocycles. The average Bonchev–Trinajstić information content (AvgIpc) is 1.58. The Bertz CT molecular complexity index is 8760. The third-order valence-corrected chi connectivity index (χ3v) is 25.5. The zero-order chi connectivity index (χ0) is 86.9. The van der Waals surface area contributed by atoms with Crippen molar-refractivity contribution in [1.29, 1.82) is 15.8 Å². The lowest BCUT2D eigenvalue weighted by molar-refractivity contribution is 1.05. The van der Waals surface area contributed by atoms with Gasteiger partial charge in [-0.3, -0.25) is 13.7 Å². The van der Waals surface area contributed by atoms with Crippen molar-refractivity contribution in [2.75, 3.05) is 0 Å². The van der Waals surface area contributed by atoms with E-state index in [1.165, 1.54) is 109 Å². The predicted octanol–water partition coefficient (Wildman–Crippen LogP) is 28.9. The minimum absolute atomic E-state index is 0.639. The largest absolute Gasteiger partial charge is 0.307 e. The molecule has 15 aromatic carbocycles. The molecule has 0 N–H and O–H groups in total. The third-order valence-electron chi connectivity index (χ3n) is 25.5. The van der Waals surface area contributed by atoms with Gasteiger partial charge in [0, 0.05) is 81.3 Å². The lowest BCUT2D eigenvalue weighted by atomic mass is 10.0. The first-order chi connectivity index (χ1) is 62.6. The van der Waals surface area contributed by atoms with E-state index in [0.29, 0.717) is 16.7 Å². The SMILES string of the molecule is Cc1ccc2c(c1)c1ccccc1n2-c1cc(-c2ccc(C#N)cc2)c(-n2c3ccccc3c3cc(C)ccc32)cn1.Cc1ccc2c3ccc(C)cc3n(-c3cc(-c4ccc(C#N)cc4)c(-n4c5cc(C)ccc5c5ccc(C)cc54)cn3)c2c1.Cc1ccc2c3ccccc3n(-c3cc(-c4ccc(C#N)cc4)c(-n4c5ccccc5c5ccc(C)cc54)cn3)c2c1. The quantitative estimate of drug-likeness (QED) is 0.141. The summed E-state index contributed by atoms with van der Waals surface area (Å²) in [5.74, 6) is 2.56. The summed E-state index contributed by atoms with van der Waals surface area (Å²) in [7, 11) is 0. The fourth-order valence-corrected chi connectivity index (χ4v) is 19.4. The fraction of sp³-hybridized carbons (Fsp3) is 0.0690. The maximum Gasteiger partial charge on any atom is 0.138 e. The summed E-state index contributed by atoms with van der Waals surface area (Å²) in [6.45, 7) is 17.1. The van der Waals surface area contributed by atoms with Gasteiger partial charge in [0.2, 0.25) is 0 Å². The molecule has 9 heterocycles. The van der Waals surface area contributed by atoms with Crippen LogP contribution in [0.4, 0.5) is 0 Å². The number of pyridine rings is 3. The van der Waals surface area contributed by atoms with E-state index in [9.17, 15) is 15.8 Å². The molecule has 0 spiro atoms. The van der Waals surface area contributed by atoms with E-state index in [1.54, 1.807) is 0 Å². The molecular weight excluding hydrogens is 1560 g/mol. The molecule has 606 valence electrons. The molecule has 24 rings (SSSR count). The highest BCUT2D eigenvalue weighted by atomic mass is 15.1. The molecular formula is C116H82N12. The molecule has 0 amide bonds. The Kier molecular flexibility index (Phi) is 18.6. The van der Waals surface area contributed by atoms with Crippen molar-refractivity contribution in [1.82, 2.24) is 42.4 Å². The fourth-order valence-electron chi connectivity index (χ4n) is 19.4. The molecule has 12 nitrogen and oxygen atoms in total.